The first kappa shape index (κ1) is 17.5. The summed E-state index contributed by atoms with van der Waals surface area (Å²) < 4.78 is 0. The average molecular weight is 480 g/mol. The van der Waals surface area contributed by atoms with Crippen LogP contribution in [0.4, 0.5) is 0 Å². The topological polar surface area (TPSA) is 25.8 Å². The third-order valence-electron chi connectivity index (χ3n) is 3.76. The number of aromatic nitrogens is 2. The molecule has 0 bridgehead atoms. The van der Waals surface area contributed by atoms with Crippen molar-refractivity contribution in [3.63, 3.8) is 0 Å². The van der Waals surface area contributed by atoms with Gasteiger partial charge in [0.05, 0.1) is 35.2 Å². The molecule has 2 nitrogen and oxygen atoms in total. The lowest BCUT2D eigenvalue weighted by Crippen LogP contribution is -1.96. The molecule has 10 heteroatoms. The minimum Gasteiger partial charge on any atom is -0.147 e. The van der Waals surface area contributed by atoms with Gasteiger partial charge in [0.2, 0.25) is 0 Å². The van der Waals surface area contributed by atoms with Gasteiger partial charge in [-0.3, -0.25) is 0 Å². The van der Waals surface area contributed by atoms with Gasteiger partial charge in [-0.2, -0.15) is 0 Å². The Labute approximate surface area is 174 Å². The Morgan fingerprint density at radius 1 is 0.375 bits per heavy atom. The van der Waals surface area contributed by atoms with Crippen molar-refractivity contribution in [2.24, 2.45) is 0 Å². The molecule has 0 aliphatic carbocycles. The summed E-state index contributed by atoms with van der Waals surface area (Å²) in [5.74, 6) is 0. The Hall–Kier alpha value is 0.1000. The van der Waals surface area contributed by atoms with Crippen LogP contribution in [0.2, 0.25) is 40.3 Å². The molecule has 1 heterocycles. The molecule has 0 N–H and O–H groups in total. The van der Waals surface area contributed by atoms with Gasteiger partial charge in [0.15, 0.2) is 5.15 Å². The van der Waals surface area contributed by atoms with Crippen molar-refractivity contribution in [3.05, 3.63) is 40.3 Å². The Bertz CT molecular complexity index is 1160. The Kier molecular flexibility index (Phi) is 4.23. The van der Waals surface area contributed by atoms with E-state index in [2.05, 4.69) is 10.2 Å². The maximum Gasteiger partial charge on any atom is 0.161 e. The van der Waals surface area contributed by atoms with Crippen molar-refractivity contribution in [2.45, 2.75) is 0 Å². The van der Waals surface area contributed by atoms with Gasteiger partial charge in [-0.1, -0.05) is 92.8 Å². The summed E-state index contributed by atoms with van der Waals surface area (Å²) >= 11 is 50.7. The highest BCUT2D eigenvalue weighted by atomic mass is 35.5. The molecule has 0 amide bonds. The average Bonchev–Trinajstić information content (AvgIpc) is 2.55. The number of benzene rings is 3. The SMILES string of the molecule is Clc1c(Cl)c2c(Cl)c(Cl)c3nnc(Cl)c4c(Cl)c(Cl)c(c1Cl)c2c34. The molecule has 0 unspecified atom stereocenters. The third-order valence-corrected chi connectivity index (χ3v) is 7.04. The van der Waals surface area contributed by atoms with Gasteiger partial charge in [0, 0.05) is 26.9 Å². The van der Waals surface area contributed by atoms with Crippen LogP contribution in [0.1, 0.15) is 0 Å². The molecule has 0 saturated carbocycles. The van der Waals surface area contributed by atoms with Crippen LogP contribution in [0.3, 0.4) is 0 Å². The van der Waals surface area contributed by atoms with Crippen LogP contribution in [0, 0.1) is 0 Å². The van der Waals surface area contributed by atoms with Gasteiger partial charge in [-0.15, -0.1) is 10.2 Å². The molecule has 1 aromatic heterocycles. The zero-order valence-electron chi connectivity index (χ0n) is 10.9. The van der Waals surface area contributed by atoms with Crippen molar-refractivity contribution in [3.8, 4) is 0 Å². The lowest BCUT2D eigenvalue weighted by Gasteiger charge is -2.19. The van der Waals surface area contributed by atoms with E-state index in [1.807, 2.05) is 0 Å². The first-order valence-electron chi connectivity index (χ1n) is 6.16. The summed E-state index contributed by atoms with van der Waals surface area (Å²) in [5.41, 5.74) is 0.312. The minimum absolute atomic E-state index is 0.0678. The lowest BCUT2D eigenvalue weighted by molar-refractivity contribution is 1.09. The molecule has 0 spiro atoms. The van der Waals surface area contributed by atoms with Crippen LogP contribution in [0.5, 0.6) is 0 Å². The van der Waals surface area contributed by atoms with Crippen LogP contribution >= 0.6 is 92.8 Å². The second-order valence-electron chi connectivity index (χ2n) is 4.91. The predicted molar refractivity (Wildman–Crippen MR) is 106 cm³/mol. The van der Waals surface area contributed by atoms with Crippen molar-refractivity contribution >= 4 is 125 Å². The van der Waals surface area contributed by atoms with Gasteiger partial charge in [-0.25, -0.2) is 0 Å². The van der Waals surface area contributed by atoms with E-state index in [0.29, 0.717) is 32.4 Å². The molecule has 4 rings (SSSR count). The van der Waals surface area contributed by atoms with Crippen LogP contribution in [0.15, 0.2) is 0 Å². The van der Waals surface area contributed by atoms with Crippen LogP contribution < -0.4 is 0 Å². The van der Waals surface area contributed by atoms with Gasteiger partial charge >= 0.3 is 0 Å². The maximum atomic E-state index is 6.42. The molecule has 0 aliphatic rings. The molecule has 0 saturated heterocycles. The molecular weight excluding hydrogens is 480 g/mol. The standard InChI is InChI=1S/C14Cl8N2/c15-6-3-1-2-5(10(6)19)14(22)24-23-13(2)12(21)9(18)4(1)8(17)11(20)7(3)16. The first-order valence-corrected chi connectivity index (χ1v) is 9.18. The second-order valence-corrected chi connectivity index (χ2v) is 7.92. The van der Waals surface area contributed by atoms with E-state index in [1.54, 1.807) is 0 Å². The molecule has 0 fully saturated rings. The van der Waals surface area contributed by atoms with Gasteiger partial charge in [-0.05, 0) is 0 Å². The third kappa shape index (κ3) is 2.06. The van der Waals surface area contributed by atoms with Gasteiger partial charge in [0.25, 0.3) is 0 Å². The number of halogens is 8. The largest absolute Gasteiger partial charge is 0.161 e. The normalized spacial score (nSPS) is 12.2. The molecule has 0 atom stereocenters. The lowest BCUT2D eigenvalue weighted by atomic mass is 9.97. The maximum absolute atomic E-state index is 6.42. The zero-order valence-corrected chi connectivity index (χ0v) is 17.0. The number of hydrogen-bond acceptors (Lipinski definition) is 2. The summed E-state index contributed by atoms with van der Waals surface area (Å²) in [7, 11) is 0. The highest BCUT2D eigenvalue weighted by Gasteiger charge is 2.28. The van der Waals surface area contributed by atoms with E-state index in [1.165, 1.54) is 0 Å². The first-order chi connectivity index (χ1) is 11.3. The molecule has 4 aromatic rings. The summed E-state index contributed by atoms with van der Waals surface area (Å²) in [4.78, 5) is 0. The van der Waals surface area contributed by atoms with E-state index in [0.717, 1.165) is 0 Å². The monoisotopic (exact) mass is 476 g/mol. The molecular formula is C14Cl8N2. The molecule has 24 heavy (non-hydrogen) atoms. The van der Waals surface area contributed by atoms with Crippen molar-refractivity contribution in [1.82, 2.24) is 10.2 Å². The fraction of sp³-hybridized carbons (Fsp3) is 0. The zero-order chi connectivity index (χ0) is 17.5. The second kappa shape index (κ2) is 5.80. The van der Waals surface area contributed by atoms with Crippen molar-refractivity contribution < 1.29 is 0 Å². The Morgan fingerprint density at radius 3 is 1.42 bits per heavy atom. The van der Waals surface area contributed by atoms with E-state index in [4.69, 9.17) is 92.8 Å². The number of rotatable bonds is 0. The van der Waals surface area contributed by atoms with E-state index < -0.39 is 0 Å². The minimum atomic E-state index is 0.0678. The highest BCUT2D eigenvalue weighted by molar-refractivity contribution is 6.62. The number of nitrogens with zero attached hydrogens (tertiary/aromatic N) is 2. The Morgan fingerprint density at radius 2 is 0.833 bits per heavy atom. The molecule has 0 aliphatic heterocycles. The van der Waals surface area contributed by atoms with E-state index in [-0.39, 0.29) is 40.3 Å². The van der Waals surface area contributed by atoms with Crippen molar-refractivity contribution in [1.29, 1.82) is 0 Å². The van der Waals surface area contributed by atoms with Crippen LogP contribution in [-0.4, -0.2) is 10.2 Å². The van der Waals surface area contributed by atoms with E-state index in [9.17, 15) is 0 Å². The van der Waals surface area contributed by atoms with E-state index >= 15 is 0 Å². The molecule has 0 radical (unpaired) electrons. The quantitative estimate of drug-likeness (QED) is 0.186. The summed E-state index contributed by atoms with van der Waals surface area (Å²) in [6, 6.07) is 0. The van der Waals surface area contributed by atoms with Crippen LogP contribution in [-0.2, 0) is 0 Å². The number of hydrogen-bond donors (Lipinski definition) is 0. The van der Waals surface area contributed by atoms with Gasteiger partial charge in [0.1, 0.15) is 5.52 Å². The predicted octanol–water partition coefficient (Wildman–Crippen LogP) is 8.60. The fourth-order valence-corrected chi connectivity index (χ4v) is 5.01. The Balaban J connectivity index is 2.59. The highest BCUT2D eigenvalue weighted by Crippen LogP contribution is 2.54. The van der Waals surface area contributed by atoms with Gasteiger partial charge < -0.3 is 0 Å². The smallest absolute Gasteiger partial charge is 0.147 e. The van der Waals surface area contributed by atoms with Crippen LogP contribution in [0.25, 0.3) is 32.4 Å². The summed E-state index contributed by atoms with van der Waals surface area (Å²) in [5, 5.41) is 11.2. The van der Waals surface area contributed by atoms with Crippen molar-refractivity contribution in [2.75, 3.05) is 0 Å². The summed E-state index contributed by atoms with van der Waals surface area (Å²) in [6.07, 6.45) is 0. The molecule has 3 aromatic carbocycles. The fourth-order valence-electron chi connectivity index (χ4n) is 2.77. The summed E-state index contributed by atoms with van der Waals surface area (Å²) in [6.45, 7) is 0. The molecule has 122 valence electrons.